The monoisotopic (exact) mass is 285 g/mol. The summed E-state index contributed by atoms with van der Waals surface area (Å²) >= 11 is 0. The molecule has 8 heteroatoms. The quantitative estimate of drug-likeness (QED) is 0.795. The molecule has 0 bridgehead atoms. The van der Waals surface area contributed by atoms with Gasteiger partial charge in [-0.15, -0.1) is 0 Å². The van der Waals surface area contributed by atoms with Gasteiger partial charge in [0.1, 0.15) is 0 Å². The molecule has 1 fully saturated rings. The highest BCUT2D eigenvalue weighted by Gasteiger charge is 2.38. The molecule has 1 heterocycles. The van der Waals surface area contributed by atoms with E-state index in [-0.39, 0.29) is 0 Å². The molecule has 1 saturated heterocycles. The van der Waals surface area contributed by atoms with Crippen molar-refractivity contribution < 1.29 is 23.1 Å². The van der Waals surface area contributed by atoms with Gasteiger partial charge in [-0.3, -0.25) is 4.90 Å². The van der Waals surface area contributed by atoms with Crippen molar-refractivity contribution in [3.8, 4) is 0 Å². The van der Waals surface area contributed by atoms with Gasteiger partial charge in [0, 0.05) is 38.8 Å². The van der Waals surface area contributed by atoms with Crippen molar-refractivity contribution in [3.05, 3.63) is 0 Å². The van der Waals surface area contributed by atoms with E-state index in [1.807, 2.05) is 0 Å². The zero-order valence-corrected chi connectivity index (χ0v) is 11.3. The molecule has 0 aromatic heterocycles. The first-order valence-electron chi connectivity index (χ1n) is 6.13. The lowest BCUT2D eigenvalue weighted by atomic mass is 10.2. The van der Waals surface area contributed by atoms with Crippen LogP contribution in [0.3, 0.4) is 0 Å². The first-order chi connectivity index (χ1) is 8.66. The minimum atomic E-state index is -5.08. The smallest absolute Gasteiger partial charge is 0.475 e. The average Bonchev–Trinajstić information content (AvgIpc) is 2.31. The fourth-order valence-corrected chi connectivity index (χ4v) is 1.49. The zero-order valence-electron chi connectivity index (χ0n) is 11.3. The van der Waals surface area contributed by atoms with Crippen LogP contribution in [0.4, 0.5) is 13.2 Å². The van der Waals surface area contributed by atoms with Crippen molar-refractivity contribution in [2.24, 2.45) is 5.73 Å². The average molecular weight is 285 g/mol. The summed E-state index contributed by atoms with van der Waals surface area (Å²) in [4.78, 5) is 13.7. The van der Waals surface area contributed by atoms with Crippen LogP contribution >= 0.6 is 0 Å². The topological polar surface area (TPSA) is 69.8 Å². The Morgan fingerprint density at radius 3 is 2.05 bits per heavy atom. The van der Waals surface area contributed by atoms with Crippen molar-refractivity contribution in [1.82, 2.24) is 9.80 Å². The van der Waals surface area contributed by atoms with Crippen LogP contribution in [0.1, 0.15) is 13.3 Å². The Hall–Kier alpha value is -0.860. The third-order valence-electron chi connectivity index (χ3n) is 2.86. The van der Waals surface area contributed by atoms with Crippen molar-refractivity contribution >= 4 is 5.97 Å². The van der Waals surface area contributed by atoms with E-state index in [9.17, 15) is 13.2 Å². The third kappa shape index (κ3) is 8.79. The molecule has 0 saturated carbocycles. The summed E-state index contributed by atoms with van der Waals surface area (Å²) in [7, 11) is 2.18. The minimum Gasteiger partial charge on any atom is -0.475 e. The highest BCUT2D eigenvalue weighted by atomic mass is 19.4. The predicted octanol–water partition coefficient (Wildman–Crippen LogP) is 0.604. The molecule has 19 heavy (non-hydrogen) atoms. The van der Waals surface area contributed by atoms with Crippen LogP contribution in [0.5, 0.6) is 0 Å². The molecule has 1 aliphatic rings. The lowest BCUT2D eigenvalue weighted by Crippen LogP contribution is -2.48. The number of carbonyl (C=O) groups is 1. The Morgan fingerprint density at radius 1 is 1.32 bits per heavy atom. The van der Waals surface area contributed by atoms with E-state index < -0.39 is 12.1 Å². The van der Waals surface area contributed by atoms with E-state index in [4.69, 9.17) is 15.6 Å². The van der Waals surface area contributed by atoms with Gasteiger partial charge in [0.05, 0.1) is 0 Å². The van der Waals surface area contributed by atoms with Crippen LogP contribution in [-0.4, -0.2) is 72.9 Å². The van der Waals surface area contributed by atoms with Crippen LogP contribution in [-0.2, 0) is 4.79 Å². The molecule has 0 aliphatic carbocycles. The molecule has 3 N–H and O–H groups in total. The number of nitrogens with two attached hydrogens (primary N) is 1. The highest BCUT2D eigenvalue weighted by Crippen LogP contribution is 2.13. The van der Waals surface area contributed by atoms with Gasteiger partial charge in [-0.2, -0.15) is 13.2 Å². The van der Waals surface area contributed by atoms with E-state index >= 15 is 0 Å². The fourth-order valence-electron chi connectivity index (χ4n) is 1.49. The van der Waals surface area contributed by atoms with Gasteiger partial charge in [0.15, 0.2) is 0 Å². The maximum atomic E-state index is 10.6. The van der Waals surface area contributed by atoms with Crippen LogP contribution in [0, 0.1) is 0 Å². The number of hydrogen-bond donors (Lipinski definition) is 2. The normalized spacial score (nSPS) is 19.5. The standard InChI is InChI=1S/C9H21N3.C2HF3O2/c1-3-9(10)8-12-6-4-11(2)5-7-12;3-2(4,5)1(6)7/h9H,3-8,10H2,1-2H3;(H,6,7). The number of likely N-dealkylation sites (N-methyl/N-ethyl adjacent to an activating group) is 1. The van der Waals surface area contributed by atoms with Crippen molar-refractivity contribution in [3.63, 3.8) is 0 Å². The largest absolute Gasteiger partial charge is 0.490 e. The number of hydrogen-bond acceptors (Lipinski definition) is 4. The van der Waals surface area contributed by atoms with Gasteiger partial charge in [0.2, 0.25) is 0 Å². The van der Waals surface area contributed by atoms with Crippen molar-refractivity contribution in [2.75, 3.05) is 39.8 Å². The molecule has 0 aromatic rings. The van der Waals surface area contributed by atoms with Crippen LogP contribution in [0.25, 0.3) is 0 Å². The second-order valence-corrected chi connectivity index (χ2v) is 4.58. The number of alkyl halides is 3. The summed E-state index contributed by atoms with van der Waals surface area (Å²) in [5, 5.41) is 7.12. The zero-order chi connectivity index (χ0) is 15.1. The fraction of sp³-hybridized carbons (Fsp3) is 0.909. The number of carboxylic acid groups (broad SMARTS) is 1. The molecule has 114 valence electrons. The van der Waals surface area contributed by atoms with Crippen molar-refractivity contribution in [1.29, 1.82) is 0 Å². The number of halogens is 3. The van der Waals surface area contributed by atoms with Gasteiger partial charge in [-0.25, -0.2) is 4.79 Å². The van der Waals surface area contributed by atoms with Gasteiger partial charge in [-0.05, 0) is 13.5 Å². The summed E-state index contributed by atoms with van der Waals surface area (Å²) in [6.45, 7) is 7.98. The first kappa shape index (κ1) is 18.1. The predicted molar refractivity (Wildman–Crippen MR) is 65.9 cm³/mol. The van der Waals surface area contributed by atoms with Gasteiger partial charge >= 0.3 is 12.1 Å². The molecule has 0 aromatic carbocycles. The first-order valence-corrected chi connectivity index (χ1v) is 6.13. The van der Waals surface area contributed by atoms with Gasteiger partial charge < -0.3 is 15.7 Å². The minimum absolute atomic E-state index is 0.369. The second-order valence-electron chi connectivity index (χ2n) is 4.58. The molecule has 1 aliphatic heterocycles. The summed E-state index contributed by atoms with van der Waals surface area (Å²) in [5.74, 6) is -2.76. The Labute approximate surface area is 111 Å². The van der Waals surface area contributed by atoms with Crippen LogP contribution < -0.4 is 5.73 Å². The lowest BCUT2D eigenvalue weighted by Gasteiger charge is -2.33. The molecule has 0 amide bonds. The number of rotatable bonds is 3. The SMILES string of the molecule is CCC(N)CN1CCN(C)CC1.O=C(O)C(F)(F)F. The van der Waals surface area contributed by atoms with E-state index in [0.29, 0.717) is 6.04 Å². The number of nitrogens with zero attached hydrogens (tertiary/aromatic N) is 2. The lowest BCUT2D eigenvalue weighted by molar-refractivity contribution is -0.192. The molecule has 1 rings (SSSR count). The molecular formula is C11H22F3N3O2. The second kappa shape index (κ2) is 8.34. The highest BCUT2D eigenvalue weighted by molar-refractivity contribution is 5.73. The molecule has 1 atom stereocenters. The number of piperazine rings is 1. The Balaban J connectivity index is 0.000000399. The van der Waals surface area contributed by atoms with Crippen LogP contribution in [0.2, 0.25) is 0 Å². The van der Waals surface area contributed by atoms with E-state index in [1.165, 1.54) is 26.2 Å². The maximum Gasteiger partial charge on any atom is 0.490 e. The molecule has 0 spiro atoms. The van der Waals surface area contributed by atoms with E-state index in [2.05, 4.69) is 23.8 Å². The summed E-state index contributed by atoms with van der Waals surface area (Å²) in [6.07, 6.45) is -3.99. The number of aliphatic carboxylic acids is 1. The molecule has 1 unspecified atom stereocenters. The van der Waals surface area contributed by atoms with Crippen LogP contribution in [0.15, 0.2) is 0 Å². The van der Waals surface area contributed by atoms with E-state index in [0.717, 1.165) is 13.0 Å². The third-order valence-corrected chi connectivity index (χ3v) is 2.86. The van der Waals surface area contributed by atoms with E-state index in [1.54, 1.807) is 0 Å². The maximum absolute atomic E-state index is 10.6. The Bertz CT molecular complexity index is 266. The Morgan fingerprint density at radius 2 is 1.74 bits per heavy atom. The summed E-state index contributed by atoms with van der Waals surface area (Å²) < 4.78 is 31.7. The molecule has 5 nitrogen and oxygen atoms in total. The van der Waals surface area contributed by atoms with Gasteiger partial charge in [0.25, 0.3) is 0 Å². The number of carboxylic acids is 1. The van der Waals surface area contributed by atoms with Crippen molar-refractivity contribution in [2.45, 2.75) is 25.6 Å². The summed E-state index contributed by atoms with van der Waals surface area (Å²) in [5.41, 5.74) is 5.88. The molecular weight excluding hydrogens is 263 g/mol. The molecule has 0 radical (unpaired) electrons. The Kier molecular flexibility index (Phi) is 7.96. The van der Waals surface area contributed by atoms with Gasteiger partial charge in [-0.1, -0.05) is 6.92 Å². The summed E-state index contributed by atoms with van der Waals surface area (Å²) in [6, 6.07) is 0.369.